The first-order valence-corrected chi connectivity index (χ1v) is 10.8. The lowest BCUT2D eigenvalue weighted by molar-refractivity contribution is -0.147. The Balaban J connectivity index is 1.59. The van der Waals surface area contributed by atoms with Gasteiger partial charge in [-0.2, -0.15) is 0 Å². The minimum Gasteiger partial charge on any atom is -0.508 e. The molecule has 0 bridgehead atoms. The number of imide groups is 1. The Labute approximate surface area is 196 Å². The lowest BCUT2D eigenvalue weighted by Crippen LogP contribution is -2.47. The molecule has 3 aromatic rings. The Morgan fingerprint density at radius 2 is 1.53 bits per heavy atom. The number of nitrogens with zero attached hydrogens (tertiary/aromatic N) is 1. The highest BCUT2D eigenvalue weighted by Gasteiger charge is 2.43. The van der Waals surface area contributed by atoms with E-state index < -0.39 is 30.4 Å². The number of aromatic hydroxyl groups is 1. The van der Waals surface area contributed by atoms with Crippen molar-refractivity contribution in [2.75, 3.05) is 6.61 Å². The van der Waals surface area contributed by atoms with E-state index in [4.69, 9.17) is 4.74 Å². The fraction of sp³-hybridized carbons (Fsp3) is 0.185. The fourth-order valence-electron chi connectivity index (χ4n) is 3.97. The maximum absolute atomic E-state index is 13.2. The standard InChI is InChI=1S/C27H23NO6/c1-16-7-8-17(2)22(13-16)24(30)15-34-27(33)23(14-18-9-11-19(29)12-10-18)28-25(31)20-5-3-4-6-21(20)26(28)32/h3-13,23,29H,14-15H2,1-2H3. The van der Waals surface area contributed by atoms with Crippen molar-refractivity contribution in [2.45, 2.75) is 26.3 Å². The minimum absolute atomic E-state index is 0.0256. The first-order valence-electron chi connectivity index (χ1n) is 10.8. The minimum atomic E-state index is -1.27. The Morgan fingerprint density at radius 3 is 2.15 bits per heavy atom. The lowest BCUT2D eigenvalue weighted by atomic mass is 10.0. The molecule has 7 nitrogen and oxygen atoms in total. The van der Waals surface area contributed by atoms with E-state index in [1.807, 2.05) is 19.1 Å². The second-order valence-corrected chi connectivity index (χ2v) is 8.26. The summed E-state index contributed by atoms with van der Waals surface area (Å²) in [6, 6.07) is 16.6. The predicted molar refractivity (Wildman–Crippen MR) is 124 cm³/mol. The van der Waals surface area contributed by atoms with Crippen molar-refractivity contribution in [3.8, 4) is 5.75 Å². The van der Waals surface area contributed by atoms with Crippen LogP contribution in [-0.4, -0.2) is 46.2 Å². The summed E-state index contributed by atoms with van der Waals surface area (Å²) >= 11 is 0. The molecule has 0 saturated heterocycles. The number of carbonyl (C=O) groups excluding carboxylic acids is 4. The summed E-state index contributed by atoms with van der Waals surface area (Å²) in [6.07, 6.45) is -0.0256. The summed E-state index contributed by atoms with van der Waals surface area (Å²) in [7, 11) is 0. The van der Waals surface area contributed by atoms with Crippen LogP contribution in [0.15, 0.2) is 66.7 Å². The largest absolute Gasteiger partial charge is 0.508 e. The highest BCUT2D eigenvalue weighted by Crippen LogP contribution is 2.27. The van der Waals surface area contributed by atoms with Crippen molar-refractivity contribution >= 4 is 23.6 Å². The van der Waals surface area contributed by atoms with E-state index in [2.05, 4.69) is 0 Å². The molecule has 4 rings (SSSR count). The zero-order valence-electron chi connectivity index (χ0n) is 18.8. The third kappa shape index (κ3) is 4.45. The van der Waals surface area contributed by atoms with Crippen molar-refractivity contribution in [1.29, 1.82) is 0 Å². The van der Waals surface area contributed by atoms with Crippen molar-refractivity contribution in [3.63, 3.8) is 0 Å². The zero-order valence-corrected chi connectivity index (χ0v) is 18.8. The van der Waals surface area contributed by atoms with Crippen LogP contribution in [0.2, 0.25) is 0 Å². The Morgan fingerprint density at radius 1 is 0.912 bits per heavy atom. The Kier molecular flexibility index (Phi) is 6.27. The molecule has 34 heavy (non-hydrogen) atoms. The second kappa shape index (κ2) is 9.31. The van der Waals surface area contributed by atoms with Gasteiger partial charge >= 0.3 is 5.97 Å². The molecular formula is C27H23NO6. The fourth-order valence-corrected chi connectivity index (χ4v) is 3.97. The molecule has 0 aromatic heterocycles. The number of phenolic OH excluding ortho intramolecular Hbond substituents is 1. The number of Topliss-reactive ketones (excluding diaryl/α,β-unsaturated/α-hetero) is 1. The first kappa shape index (κ1) is 22.9. The van der Waals surface area contributed by atoms with Crippen LogP contribution < -0.4 is 0 Å². The highest BCUT2D eigenvalue weighted by atomic mass is 16.5. The number of hydrogen-bond acceptors (Lipinski definition) is 6. The van der Waals surface area contributed by atoms with Gasteiger partial charge in [0.15, 0.2) is 6.61 Å². The average molecular weight is 457 g/mol. The number of hydrogen-bond donors (Lipinski definition) is 1. The molecule has 0 spiro atoms. The number of aryl methyl sites for hydroxylation is 2. The molecule has 1 aliphatic heterocycles. The number of amides is 2. The van der Waals surface area contributed by atoms with Gasteiger partial charge in [0.05, 0.1) is 11.1 Å². The third-order valence-corrected chi connectivity index (χ3v) is 5.81. The summed E-state index contributed by atoms with van der Waals surface area (Å²) in [4.78, 5) is 52.8. The van der Waals surface area contributed by atoms with Crippen LogP contribution in [0.4, 0.5) is 0 Å². The SMILES string of the molecule is Cc1ccc(C)c(C(=O)COC(=O)C(Cc2ccc(O)cc2)N2C(=O)c3ccccc3C2=O)c1. The maximum Gasteiger partial charge on any atom is 0.330 e. The van der Waals surface area contributed by atoms with Crippen LogP contribution in [0.1, 0.15) is 47.8 Å². The zero-order chi connectivity index (χ0) is 24.4. The normalized spacial score (nSPS) is 13.5. The van der Waals surface area contributed by atoms with Gasteiger partial charge in [0.2, 0.25) is 5.78 Å². The van der Waals surface area contributed by atoms with E-state index in [-0.39, 0.29) is 29.1 Å². The molecule has 1 aliphatic rings. The van der Waals surface area contributed by atoms with Gasteiger partial charge in [0.25, 0.3) is 11.8 Å². The van der Waals surface area contributed by atoms with Crippen molar-refractivity contribution in [2.24, 2.45) is 0 Å². The van der Waals surface area contributed by atoms with Gasteiger partial charge in [0.1, 0.15) is 11.8 Å². The van der Waals surface area contributed by atoms with Crippen LogP contribution in [-0.2, 0) is 16.0 Å². The lowest BCUT2D eigenvalue weighted by Gasteiger charge is -2.24. The van der Waals surface area contributed by atoms with Crippen molar-refractivity contribution < 1.29 is 29.0 Å². The molecule has 0 saturated carbocycles. The quantitative estimate of drug-likeness (QED) is 0.330. The molecule has 0 fully saturated rings. The van der Waals surface area contributed by atoms with Gasteiger partial charge in [-0.3, -0.25) is 19.3 Å². The summed E-state index contributed by atoms with van der Waals surface area (Å²) in [5.41, 5.74) is 3.13. The van der Waals surface area contributed by atoms with Gasteiger partial charge in [0, 0.05) is 12.0 Å². The second-order valence-electron chi connectivity index (χ2n) is 8.26. The highest BCUT2D eigenvalue weighted by molar-refractivity contribution is 6.22. The molecule has 172 valence electrons. The van der Waals surface area contributed by atoms with Gasteiger partial charge in [-0.05, 0) is 55.3 Å². The smallest absolute Gasteiger partial charge is 0.330 e. The molecule has 1 unspecified atom stereocenters. The predicted octanol–water partition coefficient (Wildman–Crippen LogP) is 3.64. The number of rotatable bonds is 7. The topological polar surface area (TPSA) is 101 Å². The molecule has 1 atom stereocenters. The molecule has 3 aromatic carbocycles. The summed E-state index contributed by atoms with van der Waals surface area (Å²) in [6.45, 7) is 3.14. The molecule has 1 N–H and O–H groups in total. The van der Waals surface area contributed by atoms with E-state index in [1.54, 1.807) is 37.3 Å². The maximum atomic E-state index is 13.2. The monoisotopic (exact) mass is 457 g/mol. The number of benzene rings is 3. The number of fused-ring (bicyclic) bond motifs is 1. The number of phenols is 1. The van der Waals surface area contributed by atoms with Crippen molar-refractivity contribution in [3.05, 3.63) is 100 Å². The van der Waals surface area contributed by atoms with Gasteiger partial charge in [-0.15, -0.1) is 0 Å². The summed E-state index contributed by atoms with van der Waals surface area (Å²) in [5.74, 6) is -2.38. The van der Waals surface area contributed by atoms with Gasteiger partial charge in [-0.25, -0.2) is 4.79 Å². The van der Waals surface area contributed by atoms with E-state index >= 15 is 0 Å². The summed E-state index contributed by atoms with van der Waals surface area (Å²) in [5, 5.41) is 9.56. The van der Waals surface area contributed by atoms with Gasteiger partial charge < -0.3 is 9.84 Å². The molecule has 1 heterocycles. The molecule has 0 radical (unpaired) electrons. The van der Waals surface area contributed by atoms with Crippen LogP contribution in [0.5, 0.6) is 5.75 Å². The third-order valence-electron chi connectivity index (χ3n) is 5.81. The van der Waals surface area contributed by atoms with E-state index in [0.717, 1.165) is 16.0 Å². The molecule has 2 amide bonds. The first-order chi connectivity index (χ1) is 16.3. The van der Waals surface area contributed by atoms with Crippen LogP contribution >= 0.6 is 0 Å². The van der Waals surface area contributed by atoms with Crippen LogP contribution in [0.3, 0.4) is 0 Å². The molecule has 7 heteroatoms. The van der Waals surface area contributed by atoms with E-state index in [0.29, 0.717) is 11.1 Å². The Hall–Kier alpha value is -4.26. The van der Waals surface area contributed by atoms with Crippen molar-refractivity contribution in [1.82, 2.24) is 4.90 Å². The number of carbonyl (C=O) groups is 4. The van der Waals surface area contributed by atoms with Gasteiger partial charge in [-0.1, -0.05) is 42.0 Å². The van der Waals surface area contributed by atoms with E-state index in [1.165, 1.54) is 24.3 Å². The number of esters is 1. The van der Waals surface area contributed by atoms with Crippen LogP contribution in [0.25, 0.3) is 0 Å². The average Bonchev–Trinajstić information content (AvgIpc) is 3.08. The Bertz CT molecular complexity index is 1260. The molecule has 0 aliphatic carbocycles. The number of ether oxygens (including phenoxy) is 1. The van der Waals surface area contributed by atoms with E-state index in [9.17, 15) is 24.3 Å². The van der Waals surface area contributed by atoms with Crippen LogP contribution in [0, 0.1) is 13.8 Å². The summed E-state index contributed by atoms with van der Waals surface area (Å²) < 4.78 is 5.34. The number of ketones is 1. The molecular weight excluding hydrogens is 434 g/mol.